The van der Waals surface area contributed by atoms with Gasteiger partial charge in [0.25, 0.3) is 5.91 Å². The maximum absolute atomic E-state index is 12.7. The largest absolute Gasteiger partial charge is 0.376 e. The van der Waals surface area contributed by atoms with Crippen LogP contribution in [0.1, 0.15) is 28.8 Å². The zero-order valence-electron chi connectivity index (χ0n) is 22.5. The van der Waals surface area contributed by atoms with E-state index >= 15 is 0 Å². The highest BCUT2D eigenvalue weighted by Crippen LogP contribution is 2.24. The first-order valence-corrected chi connectivity index (χ1v) is 13.1. The predicted molar refractivity (Wildman–Crippen MR) is 159 cm³/mol. The average Bonchev–Trinajstić information content (AvgIpc) is 3.64. The molecule has 0 unspecified atom stereocenters. The molecule has 40 heavy (non-hydrogen) atoms. The van der Waals surface area contributed by atoms with Crippen molar-refractivity contribution >= 4 is 40.3 Å². The number of carbonyl (C=O) groups excluding carboxylic acids is 2. The Hall–Kier alpha value is -5.18. The number of nitrogens with zero attached hydrogens (tertiary/aromatic N) is 5. The third kappa shape index (κ3) is 6.27. The molecule has 2 amide bonds. The number of amides is 2. The number of carbonyl (C=O) groups is 2. The summed E-state index contributed by atoms with van der Waals surface area (Å²) in [6, 6.07) is 24.8. The lowest BCUT2D eigenvalue weighted by atomic mass is 10.1. The van der Waals surface area contributed by atoms with Gasteiger partial charge >= 0.3 is 0 Å². The summed E-state index contributed by atoms with van der Waals surface area (Å²) in [5.74, 6) is -0.304. The molecule has 0 saturated heterocycles. The van der Waals surface area contributed by atoms with Crippen LogP contribution in [0.3, 0.4) is 0 Å². The van der Waals surface area contributed by atoms with Crippen molar-refractivity contribution in [1.82, 2.24) is 19.8 Å². The maximum atomic E-state index is 12.7. The van der Waals surface area contributed by atoms with Crippen LogP contribution in [0.5, 0.6) is 0 Å². The van der Waals surface area contributed by atoms with Crippen LogP contribution in [-0.2, 0) is 11.3 Å². The molecule has 0 spiro atoms. The van der Waals surface area contributed by atoms with Gasteiger partial charge in [-0.2, -0.15) is 10.2 Å². The highest BCUT2D eigenvalue weighted by molar-refractivity contribution is 5.98. The van der Waals surface area contributed by atoms with E-state index in [1.54, 1.807) is 23.2 Å². The van der Waals surface area contributed by atoms with Gasteiger partial charge in [-0.3, -0.25) is 9.59 Å². The van der Waals surface area contributed by atoms with Gasteiger partial charge in [0.05, 0.1) is 23.3 Å². The van der Waals surface area contributed by atoms with Crippen molar-refractivity contribution in [1.29, 1.82) is 0 Å². The summed E-state index contributed by atoms with van der Waals surface area (Å²) in [7, 11) is 3.90. The number of hydrazone groups is 1. The van der Waals surface area contributed by atoms with Crippen molar-refractivity contribution < 1.29 is 9.59 Å². The Bertz CT molecular complexity index is 1650. The van der Waals surface area contributed by atoms with Crippen molar-refractivity contribution in [2.75, 3.05) is 24.3 Å². The first kappa shape index (κ1) is 26.4. The van der Waals surface area contributed by atoms with Crippen LogP contribution >= 0.6 is 0 Å². The monoisotopic (exact) mass is 533 g/mol. The second-order valence-electron chi connectivity index (χ2n) is 9.59. The number of para-hydroxylation sites is 2. The number of aryl methyl sites for hydroxylation is 1. The molecule has 2 heterocycles. The van der Waals surface area contributed by atoms with Crippen LogP contribution in [-0.4, -0.2) is 46.5 Å². The van der Waals surface area contributed by atoms with Gasteiger partial charge in [-0.05, 0) is 66.6 Å². The molecule has 5 rings (SSSR count). The zero-order chi connectivity index (χ0) is 27.9. The van der Waals surface area contributed by atoms with Crippen LogP contribution in [0, 0.1) is 0 Å². The van der Waals surface area contributed by atoms with Gasteiger partial charge in [-0.25, -0.2) is 10.1 Å². The van der Waals surface area contributed by atoms with Gasteiger partial charge in [0.15, 0.2) is 0 Å². The van der Waals surface area contributed by atoms with Crippen molar-refractivity contribution in [2.45, 2.75) is 19.4 Å². The molecule has 2 aromatic heterocycles. The lowest BCUT2D eigenvalue weighted by Gasteiger charge is -2.17. The number of hydrogen-bond acceptors (Lipinski definition) is 5. The fourth-order valence-corrected chi connectivity index (χ4v) is 4.53. The smallest absolute Gasteiger partial charge is 0.271 e. The van der Waals surface area contributed by atoms with Crippen molar-refractivity contribution in [3.8, 4) is 5.69 Å². The molecule has 2 N–H and O–H groups in total. The highest BCUT2D eigenvalue weighted by Gasteiger charge is 2.10. The van der Waals surface area contributed by atoms with Crippen LogP contribution in [0.4, 0.5) is 11.4 Å². The molecule has 0 atom stereocenters. The van der Waals surface area contributed by atoms with Crippen LogP contribution in [0.25, 0.3) is 16.6 Å². The lowest BCUT2D eigenvalue weighted by Crippen LogP contribution is -2.17. The lowest BCUT2D eigenvalue weighted by molar-refractivity contribution is -0.116. The van der Waals surface area contributed by atoms with Crippen molar-refractivity contribution in [2.24, 2.45) is 5.10 Å². The molecule has 0 saturated carbocycles. The first-order valence-electron chi connectivity index (χ1n) is 13.1. The number of benzene rings is 3. The first-order chi connectivity index (χ1) is 19.5. The number of anilines is 2. The van der Waals surface area contributed by atoms with Crippen LogP contribution in [0.15, 0.2) is 103 Å². The van der Waals surface area contributed by atoms with Gasteiger partial charge in [0.1, 0.15) is 0 Å². The molecule has 5 aromatic rings. The summed E-state index contributed by atoms with van der Waals surface area (Å²) in [5, 5.41) is 12.3. The third-order valence-electron chi connectivity index (χ3n) is 6.51. The van der Waals surface area contributed by atoms with E-state index in [4.69, 9.17) is 0 Å². The molecule has 0 aliphatic carbocycles. The molecule has 0 bridgehead atoms. The molecule has 0 radical (unpaired) electrons. The summed E-state index contributed by atoms with van der Waals surface area (Å²) in [5.41, 5.74) is 7.66. The van der Waals surface area contributed by atoms with Crippen LogP contribution < -0.4 is 15.6 Å². The molecular weight excluding hydrogens is 502 g/mol. The second-order valence-corrected chi connectivity index (χ2v) is 9.59. The fourth-order valence-electron chi connectivity index (χ4n) is 4.53. The fraction of sp³-hybridized carbons (Fsp3) is 0.161. The molecular formula is C31H31N7O2. The van der Waals surface area contributed by atoms with Crippen molar-refractivity contribution in [3.05, 3.63) is 109 Å². The Morgan fingerprint density at radius 2 is 1.85 bits per heavy atom. The highest BCUT2D eigenvalue weighted by atomic mass is 16.2. The van der Waals surface area contributed by atoms with Gasteiger partial charge in [0, 0.05) is 62.1 Å². The van der Waals surface area contributed by atoms with E-state index in [0.717, 1.165) is 33.5 Å². The van der Waals surface area contributed by atoms with E-state index in [9.17, 15) is 9.59 Å². The normalized spacial score (nSPS) is 11.2. The Balaban J connectivity index is 1.15. The number of hydrogen-bond donors (Lipinski definition) is 2. The number of fused-ring (bicyclic) bond motifs is 1. The number of nitrogens with one attached hydrogen (secondary N) is 2. The minimum Gasteiger partial charge on any atom is -0.376 e. The van der Waals surface area contributed by atoms with Gasteiger partial charge in [0.2, 0.25) is 5.91 Å². The Morgan fingerprint density at radius 3 is 2.67 bits per heavy atom. The molecule has 3 aromatic carbocycles. The summed E-state index contributed by atoms with van der Waals surface area (Å²) in [6.07, 6.45) is 8.28. The summed E-state index contributed by atoms with van der Waals surface area (Å²) < 4.78 is 3.86. The van der Waals surface area contributed by atoms with E-state index in [1.807, 2.05) is 104 Å². The molecule has 0 fully saturated rings. The SMILES string of the molecule is CN(C)c1ccccc1NC(=O)CCCn1ccc2cc(C(=O)NN=Cc3cccc(-n4cccn4)c3)ccc21. The van der Waals surface area contributed by atoms with E-state index in [1.165, 1.54) is 0 Å². The Morgan fingerprint density at radius 1 is 0.975 bits per heavy atom. The molecule has 0 aliphatic heterocycles. The summed E-state index contributed by atoms with van der Waals surface area (Å²) in [4.78, 5) is 27.2. The Labute approximate surface area is 232 Å². The minimum atomic E-state index is -0.288. The van der Waals surface area contributed by atoms with Gasteiger partial charge < -0.3 is 14.8 Å². The maximum Gasteiger partial charge on any atom is 0.271 e. The van der Waals surface area contributed by atoms with E-state index in [-0.39, 0.29) is 11.8 Å². The molecule has 202 valence electrons. The number of aromatic nitrogens is 3. The predicted octanol–water partition coefficient (Wildman–Crippen LogP) is 5.08. The van der Waals surface area contributed by atoms with E-state index in [2.05, 4.69) is 25.5 Å². The van der Waals surface area contributed by atoms with Gasteiger partial charge in [-0.15, -0.1) is 0 Å². The molecule has 9 heteroatoms. The zero-order valence-corrected chi connectivity index (χ0v) is 22.5. The third-order valence-corrected chi connectivity index (χ3v) is 6.51. The topological polar surface area (TPSA) is 96.5 Å². The van der Waals surface area contributed by atoms with Crippen LogP contribution in [0.2, 0.25) is 0 Å². The summed E-state index contributed by atoms with van der Waals surface area (Å²) >= 11 is 0. The molecule has 0 aliphatic rings. The van der Waals surface area contributed by atoms with Crippen molar-refractivity contribution in [3.63, 3.8) is 0 Å². The standard InChI is InChI=1S/C31H31N7O2/c1-36(2)29-11-4-3-10-27(29)34-30(39)12-6-17-37-19-15-24-21-25(13-14-28(24)37)31(40)35-32-22-23-8-5-9-26(20-23)38-18-7-16-33-38/h3-5,7-11,13-16,18-22H,6,12,17H2,1-2H3,(H,34,39)(H,35,40). The quantitative estimate of drug-likeness (QED) is 0.193. The minimum absolute atomic E-state index is 0.0154. The van der Waals surface area contributed by atoms with Gasteiger partial charge in [-0.1, -0.05) is 24.3 Å². The molecule has 9 nitrogen and oxygen atoms in total. The summed E-state index contributed by atoms with van der Waals surface area (Å²) in [6.45, 7) is 0.694. The average molecular weight is 534 g/mol. The van der Waals surface area contributed by atoms with E-state index < -0.39 is 0 Å². The Kier molecular flexibility index (Phi) is 8.01. The van der Waals surface area contributed by atoms with E-state index in [0.29, 0.717) is 24.9 Å². The second kappa shape index (κ2) is 12.1. The number of rotatable bonds is 10.